The van der Waals surface area contributed by atoms with Crippen LogP contribution in [-0.4, -0.2) is 90.3 Å². The van der Waals surface area contributed by atoms with E-state index in [1.807, 2.05) is 0 Å². The molecule has 22 heteroatoms. The third-order valence-electron chi connectivity index (χ3n) is 7.04. The van der Waals surface area contributed by atoms with Gasteiger partial charge in [-0.1, -0.05) is 0 Å². The first kappa shape index (κ1) is 34.7. The van der Waals surface area contributed by atoms with Crippen molar-refractivity contribution in [3.05, 3.63) is 75.1 Å². The topological polar surface area (TPSA) is 278 Å². The number of thiazole rings is 1. The number of anilines is 1. The molecule has 3 aromatic heterocycles. The molecule has 2 aliphatic heterocycles. The van der Waals surface area contributed by atoms with Gasteiger partial charge in [-0.05, 0) is 5.57 Å². The number of fused-ring (bicyclic) bond motifs is 1. The largest absolute Gasteiger partial charge is 0.543 e. The number of amides is 3. The lowest BCUT2D eigenvalue weighted by Gasteiger charge is -2.51. The molecular weight excluding hydrogens is 715 g/mol. The molecule has 18 nitrogen and oxygen atoms in total. The smallest absolute Gasteiger partial charge is 0.272 e. The van der Waals surface area contributed by atoms with Gasteiger partial charge in [-0.3, -0.25) is 28.6 Å². The first-order valence-corrected chi connectivity index (χ1v) is 18.1. The molecule has 1 saturated heterocycles. The highest BCUT2D eigenvalue weighted by Crippen LogP contribution is 2.41. The zero-order chi connectivity index (χ0) is 34.9. The van der Waals surface area contributed by atoms with Crippen molar-refractivity contribution in [1.82, 2.24) is 25.2 Å². The second kappa shape index (κ2) is 13.8. The molecular formula is C26H25N7O11S4. The number of nitrogens with zero attached hydrogens (tertiary/aromatic N) is 4. The average molecular weight is 740 g/mol. The summed E-state index contributed by atoms with van der Waals surface area (Å²) >= 11 is 3.42. The van der Waals surface area contributed by atoms with Crippen LogP contribution in [0, 0.1) is 0 Å². The number of carbonyl (C=O) groups is 4. The van der Waals surface area contributed by atoms with Crippen molar-refractivity contribution in [3.8, 4) is 5.75 Å². The summed E-state index contributed by atoms with van der Waals surface area (Å²) < 4.78 is 32.6. The van der Waals surface area contributed by atoms with E-state index >= 15 is 0 Å². The third-order valence-corrected chi connectivity index (χ3v) is 10.9. The number of aromatic nitrogens is 3. The van der Waals surface area contributed by atoms with Gasteiger partial charge in [-0.2, -0.15) is 13.1 Å². The Morgan fingerprint density at radius 2 is 1.96 bits per heavy atom. The van der Waals surface area contributed by atoms with Crippen LogP contribution in [0.5, 0.6) is 5.75 Å². The number of nitrogen functional groups attached to an aromatic ring is 1. The van der Waals surface area contributed by atoms with Gasteiger partial charge in [0.25, 0.3) is 21.9 Å². The maximum Gasteiger partial charge on any atom is 0.272 e. The molecule has 48 heavy (non-hydrogen) atoms. The van der Waals surface area contributed by atoms with Gasteiger partial charge in [-0.25, -0.2) is 9.55 Å². The lowest BCUT2D eigenvalue weighted by Crippen LogP contribution is -2.71. The summed E-state index contributed by atoms with van der Waals surface area (Å²) in [7, 11) is -4.13. The molecule has 0 aromatic carbocycles. The molecule has 254 valence electrons. The van der Waals surface area contributed by atoms with Crippen molar-refractivity contribution >= 4 is 73.8 Å². The van der Waals surface area contributed by atoms with E-state index < -0.39 is 73.9 Å². The summed E-state index contributed by atoms with van der Waals surface area (Å²) in [6.07, 6.45) is 3.79. The third kappa shape index (κ3) is 7.57. The minimum atomic E-state index is -4.13. The lowest BCUT2D eigenvalue weighted by atomic mass is 10.0. The molecule has 5 rings (SSSR count). The summed E-state index contributed by atoms with van der Waals surface area (Å²) in [5, 5.41) is 37.1. The molecule has 1 unspecified atom stereocenters. The van der Waals surface area contributed by atoms with E-state index in [2.05, 4.69) is 15.6 Å². The van der Waals surface area contributed by atoms with Crippen LogP contribution >= 0.6 is 34.9 Å². The number of pyridine rings is 2. The number of hydrogen-bond acceptors (Lipinski definition) is 15. The van der Waals surface area contributed by atoms with Gasteiger partial charge in [0.15, 0.2) is 35.9 Å². The summed E-state index contributed by atoms with van der Waals surface area (Å²) in [6.45, 7) is 0.0326. The quantitative estimate of drug-likeness (QED) is 0.0374. The summed E-state index contributed by atoms with van der Waals surface area (Å²) in [5.41, 5.74) is 4.17. The zero-order valence-electron chi connectivity index (χ0n) is 24.2. The minimum Gasteiger partial charge on any atom is -0.543 e. The molecule has 3 aromatic rings. The fourth-order valence-electron chi connectivity index (χ4n) is 4.69. The lowest BCUT2D eigenvalue weighted by molar-refractivity contribution is -0.692. The van der Waals surface area contributed by atoms with Crippen molar-refractivity contribution < 1.29 is 52.1 Å². The van der Waals surface area contributed by atoms with Crippen molar-refractivity contribution in [2.45, 2.75) is 28.9 Å². The number of nitrogens with one attached hydrogen (secondary N) is 2. The molecule has 1 fully saturated rings. The molecule has 3 atom stereocenters. The maximum absolute atomic E-state index is 13.5. The number of rotatable bonds is 12. The minimum absolute atomic E-state index is 0.0200. The fourth-order valence-corrected chi connectivity index (χ4v) is 8.09. The first-order valence-electron chi connectivity index (χ1n) is 13.5. The molecule has 0 bridgehead atoms. The van der Waals surface area contributed by atoms with Crippen molar-refractivity contribution in [2.75, 3.05) is 23.0 Å². The monoisotopic (exact) mass is 739 g/mol. The van der Waals surface area contributed by atoms with Crippen molar-refractivity contribution in [2.24, 2.45) is 0 Å². The Hall–Kier alpha value is -4.64. The number of aliphatic carboxylic acids is 1. The second-order valence-electron chi connectivity index (χ2n) is 10.3. The van der Waals surface area contributed by atoms with Crippen LogP contribution < -0.4 is 31.5 Å². The second-order valence-corrected chi connectivity index (χ2v) is 14.9. The Morgan fingerprint density at radius 3 is 2.58 bits per heavy atom. The molecule has 7 N–H and O–H groups in total. The number of hydrogen-bond donors (Lipinski definition) is 6. The van der Waals surface area contributed by atoms with Crippen LogP contribution in [0.3, 0.4) is 0 Å². The summed E-state index contributed by atoms with van der Waals surface area (Å²) in [5.74, 6) is -5.30. The number of thioether (sulfide) groups is 2. The van der Waals surface area contributed by atoms with Gasteiger partial charge in [0.05, 0.1) is 23.6 Å². The van der Waals surface area contributed by atoms with Crippen LogP contribution in [0.1, 0.15) is 22.2 Å². The number of aryl methyl sites for hydroxylation is 1. The van der Waals surface area contributed by atoms with E-state index in [1.54, 1.807) is 29.1 Å². The molecule has 2 aliphatic rings. The Bertz CT molecular complexity index is 2000. The van der Waals surface area contributed by atoms with Crippen LogP contribution in [0.2, 0.25) is 0 Å². The van der Waals surface area contributed by atoms with Gasteiger partial charge in [0, 0.05) is 40.0 Å². The molecule has 0 saturated carbocycles. The van der Waals surface area contributed by atoms with Gasteiger partial charge < -0.3 is 36.6 Å². The van der Waals surface area contributed by atoms with Crippen LogP contribution in [0.4, 0.5) is 5.13 Å². The van der Waals surface area contributed by atoms with E-state index in [1.165, 1.54) is 28.9 Å². The number of β-lactam (4-membered cyclic amide) rings is 1. The highest BCUT2D eigenvalue weighted by atomic mass is 32.2. The Kier molecular flexibility index (Phi) is 10.0. The van der Waals surface area contributed by atoms with E-state index in [9.17, 15) is 47.8 Å². The van der Waals surface area contributed by atoms with Crippen molar-refractivity contribution in [1.29, 1.82) is 0 Å². The number of carbonyl (C=O) groups excluding carboxylic acids is 4. The Balaban J connectivity index is 1.28. The van der Waals surface area contributed by atoms with Crippen molar-refractivity contribution in [3.63, 3.8) is 0 Å². The van der Waals surface area contributed by atoms with Crippen LogP contribution in [0.15, 0.2) is 63.1 Å². The molecule has 0 spiro atoms. The Morgan fingerprint density at radius 1 is 1.25 bits per heavy atom. The normalized spacial score (nSPS) is 18.1. The molecule has 3 amide bonds. The molecule has 0 radical (unpaired) electrons. The van der Waals surface area contributed by atoms with Gasteiger partial charge in [0.1, 0.15) is 22.9 Å². The molecule has 0 aliphatic carbocycles. The summed E-state index contributed by atoms with van der Waals surface area (Å²) in [6, 6.07) is 1.25. The maximum atomic E-state index is 13.5. The van der Waals surface area contributed by atoms with E-state index in [-0.39, 0.29) is 39.3 Å². The fraction of sp³-hybridized carbons (Fsp3) is 0.269. The zero-order valence-corrected chi connectivity index (χ0v) is 27.5. The highest BCUT2D eigenvalue weighted by molar-refractivity contribution is 8.01. The standard InChI is InChI=1S/C26H25N7O11S4/c27-26-28-14(11-47-26)18(29-21(36)15-7-16(34)17(35)8-32(15)41)22(37)30-19-23(38)33-20(25(39)40)12(10-46-24(19)33)9-45-13-1-3-31(4-2-13)5-6-48(42,43)44/h1-4,7-8,11,18-19,24,41H,5-6,9-10H2,(H6-,27,28,29,30,35,36,37,39,40,42,43,44)/t18?,19-,24-/m1/s1. The van der Waals surface area contributed by atoms with E-state index in [0.717, 1.165) is 21.1 Å². The van der Waals surface area contributed by atoms with Crippen LogP contribution in [0.25, 0.3) is 0 Å². The van der Waals surface area contributed by atoms with E-state index in [0.29, 0.717) is 17.8 Å². The number of nitrogens with two attached hydrogens (primary N) is 1. The molecule has 5 heterocycles. The van der Waals surface area contributed by atoms with Gasteiger partial charge in [-0.15, -0.1) is 34.9 Å². The Labute approximate surface area is 283 Å². The average Bonchev–Trinajstić information content (AvgIpc) is 3.47. The highest BCUT2D eigenvalue weighted by Gasteiger charge is 2.53. The number of carboxylic acids is 1. The number of aromatic hydroxyl groups is 1. The SMILES string of the molecule is Nc1nc(C(NC(=O)c2cc(=O)c(O)cn2O)C(=O)N[C@@H]2C(=O)N3C(C(=O)[O-])=C(CSc4cc[n+](CCS(=O)(=O)O)cc4)CS[C@H]23)cs1. The van der Waals surface area contributed by atoms with Gasteiger partial charge >= 0.3 is 0 Å². The number of carboxylic acid groups (broad SMARTS) is 1. The van der Waals surface area contributed by atoms with Crippen LogP contribution in [-0.2, 0) is 31.0 Å². The predicted molar refractivity (Wildman–Crippen MR) is 167 cm³/mol. The summed E-state index contributed by atoms with van der Waals surface area (Å²) in [4.78, 5) is 69.4. The van der Waals surface area contributed by atoms with E-state index in [4.69, 9.17) is 10.3 Å². The first-order chi connectivity index (χ1) is 22.6. The van der Waals surface area contributed by atoms with Gasteiger partial charge in [0.2, 0.25) is 11.3 Å². The predicted octanol–water partition coefficient (Wildman–Crippen LogP) is -2.33.